The predicted octanol–water partition coefficient (Wildman–Crippen LogP) is 3.44. The number of amides is 1. The molecule has 2 heterocycles. The summed E-state index contributed by atoms with van der Waals surface area (Å²) >= 11 is 0. The Morgan fingerprint density at radius 3 is 2.76 bits per heavy atom. The highest BCUT2D eigenvalue weighted by molar-refractivity contribution is 5.97. The highest BCUT2D eigenvalue weighted by Gasteiger charge is 2.24. The van der Waals surface area contributed by atoms with Crippen LogP contribution >= 0.6 is 0 Å². The summed E-state index contributed by atoms with van der Waals surface area (Å²) in [6, 6.07) is 15.9. The normalized spacial score (nSPS) is 19.5. The van der Waals surface area contributed by atoms with E-state index in [1.807, 2.05) is 35.2 Å². The molecule has 4 rings (SSSR count). The molecule has 1 amide bonds. The SMILES string of the molecule is O=C(c1ccccc1OC[C@@H]1CCCO1)N1CCc2ccccc2C1. The third-order valence-electron chi connectivity index (χ3n) is 4.98. The van der Waals surface area contributed by atoms with Crippen molar-refractivity contribution in [2.24, 2.45) is 0 Å². The molecule has 1 atom stereocenters. The Labute approximate surface area is 148 Å². The smallest absolute Gasteiger partial charge is 0.257 e. The molecule has 130 valence electrons. The summed E-state index contributed by atoms with van der Waals surface area (Å²) in [7, 11) is 0. The Kier molecular flexibility index (Phi) is 4.70. The third kappa shape index (κ3) is 3.54. The maximum atomic E-state index is 13.0. The van der Waals surface area contributed by atoms with Gasteiger partial charge in [0.1, 0.15) is 12.4 Å². The minimum Gasteiger partial charge on any atom is -0.490 e. The molecule has 0 bridgehead atoms. The van der Waals surface area contributed by atoms with Gasteiger partial charge in [0.2, 0.25) is 0 Å². The van der Waals surface area contributed by atoms with E-state index in [2.05, 4.69) is 18.2 Å². The Bertz CT molecular complexity index is 752. The molecule has 2 aliphatic heterocycles. The molecule has 25 heavy (non-hydrogen) atoms. The van der Waals surface area contributed by atoms with Crippen LogP contribution in [0.25, 0.3) is 0 Å². The van der Waals surface area contributed by atoms with Gasteiger partial charge in [0, 0.05) is 19.7 Å². The first-order chi connectivity index (χ1) is 12.3. The summed E-state index contributed by atoms with van der Waals surface area (Å²) in [6.45, 7) is 2.72. The number of rotatable bonds is 4. The fourth-order valence-electron chi connectivity index (χ4n) is 3.57. The van der Waals surface area contributed by atoms with Crippen molar-refractivity contribution in [1.82, 2.24) is 4.90 Å². The Morgan fingerprint density at radius 1 is 1.12 bits per heavy atom. The van der Waals surface area contributed by atoms with Crippen LogP contribution in [-0.2, 0) is 17.7 Å². The lowest BCUT2D eigenvalue weighted by Crippen LogP contribution is -2.36. The van der Waals surface area contributed by atoms with E-state index in [1.54, 1.807) is 0 Å². The van der Waals surface area contributed by atoms with Gasteiger partial charge in [-0.3, -0.25) is 4.79 Å². The van der Waals surface area contributed by atoms with Gasteiger partial charge in [-0.2, -0.15) is 0 Å². The zero-order chi connectivity index (χ0) is 17.1. The highest BCUT2D eigenvalue weighted by Crippen LogP contribution is 2.25. The van der Waals surface area contributed by atoms with Gasteiger partial charge < -0.3 is 14.4 Å². The first kappa shape index (κ1) is 16.2. The van der Waals surface area contributed by atoms with E-state index in [4.69, 9.17) is 9.47 Å². The molecule has 1 fully saturated rings. The largest absolute Gasteiger partial charge is 0.490 e. The van der Waals surface area contributed by atoms with E-state index >= 15 is 0 Å². The number of nitrogens with zero attached hydrogens (tertiary/aromatic N) is 1. The number of ether oxygens (including phenoxy) is 2. The molecule has 2 aliphatic rings. The van der Waals surface area contributed by atoms with Crippen LogP contribution in [0.1, 0.15) is 34.3 Å². The standard InChI is InChI=1S/C21H23NO3/c23-21(22-12-11-16-6-1-2-7-17(16)14-22)19-9-3-4-10-20(19)25-15-18-8-5-13-24-18/h1-4,6-7,9-10,18H,5,8,11-15H2/t18-/m0/s1. The van der Waals surface area contributed by atoms with E-state index in [0.29, 0.717) is 24.5 Å². The van der Waals surface area contributed by atoms with Gasteiger partial charge in [0.25, 0.3) is 5.91 Å². The molecule has 0 radical (unpaired) electrons. The predicted molar refractivity (Wildman–Crippen MR) is 95.8 cm³/mol. The second-order valence-corrected chi connectivity index (χ2v) is 6.69. The molecule has 1 saturated heterocycles. The van der Waals surface area contributed by atoms with Crippen molar-refractivity contribution < 1.29 is 14.3 Å². The summed E-state index contributed by atoms with van der Waals surface area (Å²) in [5.74, 6) is 0.694. The van der Waals surface area contributed by atoms with Crippen LogP contribution in [0.3, 0.4) is 0 Å². The van der Waals surface area contributed by atoms with Gasteiger partial charge in [-0.15, -0.1) is 0 Å². The van der Waals surface area contributed by atoms with Crippen molar-refractivity contribution in [3.8, 4) is 5.75 Å². The van der Waals surface area contributed by atoms with Crippen LogP contribution in [0.4, 0.5) is 0 Å². The molecule has 4 nitrogen and oxygen atoms in total. The van der Waals surface area contributed by atoms with Gasteiger partial charge in [-0.25, -0.2) is 0 Å². The van der Waals surface area contributed by atoms with E-state index in [1.165, 1.54) is 11.1 Å². The number of fused-ring (bicyclic) bond motifs is 1. The lowest BCUT2D eigenvalue weighted by molar-refractivity contribution is 0.0645. The van der Waals surface area contributed by atoms with Gasteiger partial charge in [-0.1, -0.05) is 36.4 Å². The lowest BCUT2D eigenvalue weighted by atomic mass is 9.99. The average molecular weight is 337 g/mol. The van der Waals surface area contributed by atoms with Crippen molar-refractivity contribution >= 4 is 5.91 Å². The minimum absolute atomic E-state index is 0.0393. The summed E-state index contributed by atoms with van der Waals surface area (Å²) in [5, 5.41) is 0. The van der Waals surface area contributed by atoms with Gasteiger partial charge in [0.05, 0.1) is 11.7 Å². The average Bonchev–Trinajstić information content (AvgIpc) is 3.19. The zero-order valence-corrected chi connectivity index (χ0v) is 14.3. The number of carbonyl (C=O) groups is 1. The van der Waals surface area contributed by atoms with Gasteiger partial charge >= 0.3 is 0 Å². The quantitative estimate of drug-likeness (QED) is 0.858. The molecular weight excluding hydrogens is 314 g/mol. The minimum atomic E-state index is 0.0393. The van der Waals surface area contributed by atoms with E-state index in [0.717, 1.165) is 32.4 Å². The summed E-state index contributed by atoms with van der Waals surface area (Å²) in [5.41, 5.74) is 3.22. The Balaban J connectivity index is 1.48. The molecule has 4 heteroatoms. The summed E-state index contributed by atoms with van der Waals surface area (Å²) < 4.78 is 11.5. The zero-order valence-electron chi connectivity index (χ0n) is 14.3. The second kappa shape index (κ2) is 7.28. The van der Waals surface area contributed by atoms with Crippen molar-refractivity contribution in [2.75, 3.05) is 19.8 Å². The molecule has 0 aliphatic carbocycles. The van der Waals surface area contributed by atoms with Crippen LogP contribution in [0.2, 0.25) is 0 Å². The van der Waals surface area contributed by atoms with Gasteiger partial charge in [0.15, 0.2) is 0 Å². The number of carbonyl (C=O) groups excluding carboxylic acids is 1. The second-order valence-electron chi connectivity index (χ2n) is 6.69. The molecule has 0 spiro atoms. The van der Waals surface area contributed by atoms with E-state index in [-0.39, 0.29) is 12.0 Å². The maximum absolute atomic E-state index is 13.0. The van der Waals surface area contributed by atoms with E-state index in [9.17, 15) is 4.79 Å². The maximum Gasteiger partial charge on any atom is 0.257 e. The molecule has 2 aromatic carbocycles. The monoisotopic (exact) mass is 337 g/mol. The fraction of sp³-hybridized carbons (Fsp3) is 0.381. The van der Waals surface area contributed by atoms with Crippen molar-refractivity contribution in [3.63, 3.8) is 0 Å². The third-order valence-corrected chi connectivity index (χ3v) is 4.98. The van der Waals surface area contributed by atoms with E-state index < -0.39 is 0 Å². The molecule has 0 aromatic heterocycles. The highest BCUT2D eigenvalue weighted by atomic mass is 16.5. The van der Waals surface area contributed by atoms with Crippen molar-refractivity contribution in [1.29, 1.82) is 0 Å². The molecule has 0 unspecified atom stereocenters. The lowest BCUT2D eigenvalue weighted by Gasteiger charge is -2.29. The van der Waals surface area contributed by atoms with Crippen LogP contribution in [0.15, 0.2) is 48.5 Å². The summed E-state index contributed by atoms with van der Waals surface area (Å²) in [6.07, 6.45) is 3.16. The van der Waals surface area contributed by atoms with Gasteiger partial charge in [-0.05, 0) is 42.5 Å². The van der Waals surface area contributed by atoms with Crippen LogP contribution < -0.4 is 4.74 Å². The van der Waals surface area contributed by atoms with Crippen molar-refractivity contribution in [3.05, 3.63) is 65.2 Å². The Hall–Kier alpha value is -2.33. The Morgan fingerprint density at radius 2 is 1.92 bits per heavy atom. The number of benzene rings is 2. The van der Waals surface area contributed by atoms with Crippen molar-refractivity contribution in [2.45, 2.75) is 31.9 Å². The molecular formula is C21H23NO3. The molecule has 0 N–H and O–H groups in total. The fourth-order valence-corrected chi connectivity index (χ4v) is 3.57. The first-order valence-electron chi connectivity index (χ1n) is 9.01. The number of hydrogen-bond acceptors (Lipinski definition) is 3. The number of para-hydroxylation sites is 1. The van der Waals surface area contributed by atoms with Crippen LogP contribution in [0, 0.1) is 0 Å². The topological polar surface area (TPSA) is 38.8 Å². The summed E-state index contributed by atoms with van der Waals surface area (Å²) in [4.78, 5) is 15.0. The van der Waals surface area contributed by atoms with Crippen LogP contribution in [0.5, 0.6) is 5.75 Å². The molecule has 0 saturated carbocycles. The van der Waals surface area contributed by atoms with Crippen LogP contribution in [-0.4, -0.2) is 36.7 Å². The first-order valence-corrected chi connectivity index (χ1v) is 9.01. The molecule has 2 aromatic rings. The number of hydrogen-bond donors (Lipinski definition) is 0.